The van der Waals surface area contributed by atoms with Crippen LogP contribution in [0.3, 0.4) is 0 Å². The van der Waals surface area contributed by atoms with Gasteiger partial charge in [-0.25, -0.2) is 14.4 Å². The van der Waals surface area contributed by atoms with E-state index >= 15 is 0 Å². The van der Waals surface area contributed by atoms with Gasteiger partial charge in [0.25, 0.3) is 0 Å². The van der Waals surface area contributed by atoms with Gasteiger partial charge in [-0.3, -0.25) is 4.79 Å². The molecule has 190 valence electrons. The molecule has 0 amide bonds. The standard InChI is InChI=1S/C28H24O9/c1-33-28-24(36-27(32)20-15-9-4-10-16-20)23(35-26(31)19-13-7-3-8-14-19)22(37-28)21(17-29)34-25(30)18-11-5-2-6-12-18/h2-17,21-24,28H,1H3/t21-,22+,23+,24-,28-/m1/s1. The fraction of sp³-hybridized carbons (Fsp3) is 0.214. The summed E-state index contributed by atoms with van der Waals surface area (Å²) in [5.74, 6) is -2.26. The number of ether oxygens (including phenoxy) is 5. The number of carbonyl (C=O) groups excluding carboxylic acids is 4. The van der Waals surface area contributed by atoms with E-state index in [1.165, 1.54) is 19.2 Å². The van der Waals surface area contributed by atoms with Crippen LogP contribution in [0.1, 0.15) is 31.1 Å². The molecule has 9 nitrogen and oxygen atoms in total. The van der Waals surface area contributed by atoms with E-state index in [1.54, 1.807) is 78.9 Å². The van der Waals surface area contributed by atoms with Crippen molar-refractivity contribution >= 4 is 24.2 Å². The van der Waals surface area contributed by atoms with Crippen LogP contribution in [0.2, 0.25) is 0 Å². The summed E-state index contributed by atoms with van der Waals surface area (Å²) >= 11 is 0. The van der Waals surface area contributed by atoms with Crippen molar-refractivity contribution in [3.8, 4) is 0 Å². The Hall–Kier alpha value is -4.34. The Bertz CT molecular complexity index is 1210. The zero-order valence-corrected chi connectivity index (χ0v) is 19.8. The highest BCUT2D eigenvalue weighted by Crippen LogP contribution is 2.31. The molecule has 3 aromatic rings. The molecule has 5 atom stereocenters. The van der Waals surface area contributed by atoms with Gasteiger partial charge < -0.3 is 23.7 Å². The first-order valence-corrected chi connectivity index (χ1v) is 11.4. The van der Waals surface area contributed by atoms with Crippen molar-refractivity contribution in [2.45, 2.75) is 30.7 Å². The zero-order chi connectivity index (χ0) is 26.2. The first-order valence-electron chi connectivity index (χ1n) is 11.4. The summed E-state index contributed by atoms with van der Waals surface area (Å²) in [4.78, 5) is 50.5. The van der Waals surface area contributed by atoms with E-state index in [1.807, 2.05) is 0 Å². The minimum atomic E-state index is -1.50. The minimum absolute atomic E-state index is 0.209. The van der Waals surface area contributed by atoms with Gasteiger partial charge in [0.05, 0.1) is 16.7 Å². The molecule has 1 heterocycles. The number of hydrogen-bond acceptors (Lipinski definition) is 9. The van der Waals surface area contributed by atoms with E-state index in [4.69, 9.17) is 23.7 Å². The molecule has 1 aliphatic rings. The third-order valence-corrected chi connectivity index (χ3v) is 5.66. The molecule has 0 saturated carbocycles. The van der Waals surface area contributed by atoms with Crippen molar-refractivity contribution in [1.82, 2.24) is 0 Å². The van der Waals surface area contributed by atoms with Crippen LogP contribution in [0.5, 0.6) is 0 Å². The van der Waals surface area contributed by atoms with Gasteiger partial charge in [0.2, 0.25) is 0 Å². The van der Waals surface area contributed by atoms with Gasteiger partial charge in [0, 0.05) is 7.11 Å². The predicted molar refractivity (Wildman–Crippen MR) is 129 cm³/mol. The molecule has 9 heteroatoms. The molecule has 0 bridgehead atoms. The zero-order valence-electron chi connectivity index (χ0n) is 19.8. The van der Waals surface area contributed by atoms with E-state index in [-0.39, 0.29) is 16.7 Å². The van der Waals surface area contributed by atoms with Crippen molar-refractivity contribution in [3.63, 3.8) is 0 Å². The third-order valence-electron chi connectivity index (χ3n) is 5.66. The second-order valence-electron chi connectivity index (χ2n) is 8.05. The van der Waals surface area contributed by atoms with Crippen LogP contribution in [0.25, 0.3) is 0 Å². The number of esters is 3. The van der Waals surface area contributed by atoms with Crippen LogP contribution < -0.4 is 0 Å². The quantitative estimate of drug-likeness (QED) is 0.246. The van der Waals surface area contributed by atoms with Crippen LogP contribution in [-0.2, 0) is 28.5 Å². The summed E-state index contributed by atoms with van der Waals surface area (Å²) in [7, 11) is 1.30. The second kappa shape index (κ2) is 12.1. The maximum atomic E-state index is 12.9. The molecule has 4 rings (SSSR count). The van der Waals surface area contributed by atoms with Crippen LogP contribution >= 0.6 is 0 Å². The molecule has 1 fully saturated rings. The lowest BCUT2D eigenvalue weighted by Crippen LogP contribution is -2.46. The van der Waals surface area contributed by atoms with Crippen LogP contribution in [-0.4, -0.2) is 62.0 Å². The molecule has 0 radical (unpaired) electrons. The second-order valence-corrected chi connectivity index (χ2v) is 8.05. The van der Waals surface area contributed by atoms with Crippen molar-refractivity contribution in [2.75, 3.05) is 7.11 Å². The summed E-state index contributed by atoms with van der Waals surface area (Å²) in [6, 6.07) is 24.3. The van der Waals surface area contributed by atoms with Gasteiger partial charge in [0.1, 0.15) is 6.10 Å². The van der Waals surface area contributed by atoms with Crippen molar-refractivity contribution in [2.24, 2.45) is 0 Å². The molecule has 0 spiro atoms. The number of hydrogen-bond donors (Lipinski definition) is 0. The SMILES string of the molecule is CO[C@@H]1O[C@@H]([C@@H](C=O)OC(=O)c2ccccc2)[C@H](OC(=O)c2ccccc2)[C@H]1OC(=O)c1ccccc1. The Kier molecular flexibility index (Phi) is 8.40. The first-order chi connectivity index (χ1) is 18.0. The molecule has 0 aliphatic carbocycles. The lowest BCUT2D eigenvalue weighted by molar-refractivity contribution is -0.166. The molecule has 1 aliphatic heterocycles. The lowest BCUT2D eigenvalue weighted by Gasteiger charge is -2.26. The monoisotopic (exact) mass is 504 g/mol. The van der Waals surface area contributed by atoms with E-state index in [2.05, 4.69) is 0 Å². The van der Waals surface area contributed by atoms with Crippen LogP contribution in [0.15, 0.2) is 91.0 Å². The number of methoxy groups -OCH3 is 1. The Morgan fingerprint density at radius 1 is 0.703 bits per heavy atom. The van der Waals surface area contributed by atoms with Crippen molar-refractivity contribution in [3.05, 3.63) is 108 Å². The van der Waals surface area contributed by atoms with E-state index < -0.39 is 48.6 Å². The number of aldehydes is 1. The van der Waals surface area contributed by atoms with Gasteiger partial charge in [0.15, 0.2) is 30.9 Å². The molecule has 0 unspecified atom stereocenters. The number of rotatable bonds is 9. The predicted octanol–water partition coefficient (Wildman–Crippen LogP) is 3.23. The molecular formula is C28H24O9. The fourth-order valence-corrected chi connectivity index (χ4v) is 3.83. The highest BCUT2D eigenvalue weighted by molar-refractivity contribution is 5.91. The molecule has 1 saturated heterocycles. The average Bonchev–Trinajstić information content (AvgIpc) is 3.29. The fourth-order valence-electron chi connectivity index (χ4n) is 3.83. The Morgan fingerprint density at radius 2 is 1.14 bits per heavy atom. The average molecular weight is 504 g/mol. The van der Waals surface area contributed by atoms with Gasteiger partial charge in [-0.05, 0) is 36.4 Å². The summed E-state index contributed by atoms with van der Waals surface area (Å²) < 4.78 is 27.9. The van der Waals surface area contributed by atoms with Gasteiger partial charge >= 0.3 is 17.9 Å². The topological polar surface area (TPSA) is 114 Å². The Labute approximate surface area is 212 Å². The smallest absolute Gasteiger partial charge is 0.338 e. The molecular weight excluding hydrogens is 480 g/mol. The first kappa shape index (κ1) is 25.7. The maximum Gasteiger partial charge on any atom is 0.338 e. The summed E-state index contributed by atoms with van der Waals surface area (Å²) in [6.07, 6.45) is -6.29. The van der Waals surface area contributed by atoms with Crippen molar-refractivity contribution < 1.29 is 42.9 Å². The van der Waals surface area contributed by atoms with E-state index in [9.17, 15) is 19.2 Å². The molecule has 3 aromatic carbocycles. The normalized spacial score (nSPS) is 21.4. The molecule has 37 heavy (non-hydrogen) atoms. The van der Waals surface area contributed by atoms with Crippen molar-refractivity contribution in [1.29, 1.82) is 0 Å². The third kappa shape index (κ3) is 6.08. The number of benzene rings is 3. The summed E-state index contributed by atoms with van der Waals surface area (Å²) in [5, 5.41) is 0. The molecule has 0 N–H and O–H groups in total. The van der Waals surface area contributed by atoms with Gasteiger partial charge in [-0.15, -0.1) is 0 Å². The number of carbonyl (C=O) groups is 4. The highest BCUT2D eigenvalue weighted by atomic mass is 16.7. The largest absolute Gasteiger partial charge is 0.452 e. The Balaban J connectivity index is 1.62. The van der Waals surface area contributed by atoms with Crippen LogP contribution in [0.4, 0.5) is 0 Å². The van der Waals surface area contributed by atoms with Gasteiger partial charge in [-0.2, -0.15) is 0 Å². The maximum absolute atomic E-state index is 12.9. The van der Waals surface area contributed by atoms with Gasteiger partial charge in [-0.1, -0.05) is 54.6 Å². The minimum Gasteiger partial charge on any atom is -0.452 e. The summed E-state index contributed by atoms with van der Waals surface area (Å²) in [5.41, 5.74) is 0.677. The lowest BCUT2D eigenvalue weighted by atomic mass is 10.1. The Morgan fingerprint density at radius 3 is 1.57 bits per heavy atom. The highest BCUT2D eigenvalue weighted by Gasteiger charge is 2.54. The van der Waals surface area contributed by atoms with Crippen LogP contribution in [0, 0.1) is 0 Å². The van der Waals surface area contributed by atoms with E-state index in [0.717, 1.165) is 0 Å². The summed E-state index contributed by atoms with van der Waals surface area (Å²) in [6.45, 7) is 0. The van der Waals surface area contributed by atoms with E-state index in [0.29, 0.717) is 6.29 Å². The molecule has 0 aromatic heterocycles.